The van der Waals surface area contributed by atoms with Gasteiger partial charge in [0, 0.05) is 25.2 Å². The lowest BCUT2D eigenvalue weighted by Gasteiger charge is -2.45. The van der Waals surface area contributed by atoms with Crippen LogP contribution >= 0.6 is 11.6 Å². The highest BCUT2D eigenvalue weighted by Crippen LogP contribution is 2.34. The first-order chi connectivity index (χ1) is 12.0. The number of ether oxygens (including phenoxy) is 1. The van der Waals surface area contributed by atoms with E-state index in [1.165, 1.54) is 0 Å². The van der Waals surface area contributed by atoms with E-state index in [9.17, 15) is 9.59 Å². The maximum absolute atomic E-state index is 12.4. The number of carbonyl (C=O) groups is 2. The highest BCUT2D eigenvalue weighted by atomic mass is 35.5. The number of hydrogen-bond donors (Lipinski definition) is 2. The summed E-state index contributed by atoms with van der Waals surface area (Å²) >= 11 is 6.12. The summed E-state index contributed by atoms with van der Waals surface area (Å²) in [6, 6.07) is -0.215. The third-order valence-electron chi connectivity index (χ3n) is 3.88. The first kappa shape index (κ1) is 20.0. The van der Waals surface area contributed by atoms with Gasteiger partial charge in [-0.25, -0.2) is 4.79 Å². The maximum atomic E-state index is 12.4. The average molecular weight is 385 g/mol. The fourth-order valence-corrected chi connectivity index (χ4v) is 3.25. The van der Waals surface area contributed by atoms with E-state index in [4.69, 9.17) is 22.1 Å². The van der Waals surface area contributed by atoms with Crippen LogP contribution in [0.15, 0.2) is 0 Å². The molecule has 1 saturated heterocycles. The molecule has 1 aliphatic heterocycles. The number of hydrogen-bond acceptors (Lipinski definition) is 7. The molecule has 0 saturated carbocycles. The minimum absolute atomic E-state index is 0.00965. The number of carbonyl (C=O) groups excluding carboxylic acids is 2. The first-order valence-corrected chi connectivity index (χ1v) is 8.70. The Morgan fingerprint density at radius 1 is 1.31 bits per heavy atom. The molecule has 2 atom stereocenters. The van der Waals surface area contributed by atoms with E-state index < -0.39 is 5.60 Å². The van der Waals surface area contributed by atoms with Gasteiger partial charge in [-0.3, -0.25) is 4.79 Å². The fraction of sp³-hybridized carbons (Fsp3) is 0.625. The summed E-state index contributed by atoms with van der Waals surface area (Å²) in [5.74, 6) is 0.439. The second-order valence-electron chi connectivity index (χ2n) is 7.32. The summed E-state index contributed by atoms with van der Waals surface area (Å²) < 4.78 is 5.46. The van der Waals surface area contributed by atoms with Crippen molar-refractivity contribution in [2.75, 3.05) is 29.0 Å². The molecule has 0 spiro atoms. The number of rotatable bonds is 3. The predicted molar refractivity (Wildman–Crippen MR) is 100 cm³/mol. The molecule has 3 N–H and O–H groups in total. The summed E-state index contributed by atoms with van der Waals surface area (Å²) in [5.41, 5.74) is 5.47. The zero-order valence-electron chi connectivity index (χ0n) is 15.6. The molecule has 0 radical (unpaired) electrons. The van der Waals surface area contributed by atoms with Crippen molar-refractivity contribution in [3.8, 4) is 0 Å². The molecule has 1 aromatic heterocycles. The largest absolute Gasteiger partial charge is 0.444 e. The topological polar surface area (TPSA) is 114 Å². The van der Waals surface area contributed by atoms with Crippen LogP contribution in [-0.2, 0) is 9.53 Å². The van der Waals surface area contributed by atoms with Gasteiger partial charge in [-0.1, -0.05) is 11.6 Å². The van der Waals surface area contributed by atoms with Gasteiger partial charge >= 0.3 is 6.09 Å². The monoisotopic (exact) mass is 384 g/mol. The van der Waals surface area contributed by atoms with Gasteiger partial charge in [0.1, 0.15) is 11.3 Å². The number of nitrogens with zero attached hydrogens (tertiary/aromatic N) is 4. The van der Waals surface area contributed by atoms with Crippen molar-refractivity contribution in [3.63, 3.8) is 0 Å². The van der Waals surface area contributed by atoms with Crippen LogP contribution in [0.2, 0.25) is 5.15 Å². The third kappa shape index (κ3) is 4.46. The molecular formula is C16H25ClN6O3. The highest BCUT2D eigenvalue weighted by Gasteiger charge is 2.36. The Hall–Kier alpha value is -2.29. The third-order valence-corrected chi connectivity index (χ3v) is 4.16. The normalized spacial score (nSPS) is 20.7. The molecule has 2 rings (SSSR count). The van der Waals surface area contributed by atoms with Gasteiger partial charge < -0.3 is 25.6 Å². The van der Waals surface area contributed by atoms with E-state index in [1.54, 1.807) is 4.90 Å². The lowest BCUT2D eigenvalue weighted by atomic mass is 10.1. The minimum Gasteiger partial charge on any atom is -0.444 e. The van der Waals surface area contributed by atoms with Crippen molar-refractivity contribution >= 4 is 41.6 Å². The van der Waals surface area contributed by atoms with Gasteiger partial charge in [0.25, 0.3) is 0 Å². The molecule has 0 bridgehead atoms. The number of amides is 2. The van der Waals surface area contributed by atoms with Gasteiger partial charge in [0.05, 0.1) is 0 Å². The van der Waals surface area contributed by atoms with E-state index in [0.717, 1.165) is 0 Å². The van der Waals surface area contributed by atoms with Crippen LogP contribution in [0.3, 0.4) is 0 Å². The van der Waals surface area contributed by atoms with Gasteiger partial charge in [-0.15, -0.1) is 0 Å². The van der Waals surface area contributed by atoms with Crippen molar-refractivity contribution in [1.82, 2.24) is 14.9 Å². The molecule has 26 heavy (non-hydrogen) atoms. The molecule has 144 valence electrons. The van der Waals surface area contributed by atoms with Crippen molar-refractivity contribution in [3.05, 3.63) is 5.15 Å². The molecule has 9 nitrogen and oxygen atoms in total. The Labute approximate surface area is 157 Å². The number of nitrogens with one attached hydrogen (secondary N) is 1. The number of nitrogen functional groups attached to an aromatic ring is 1. The van der Waals surface area contributed by atoms with E-state index in [1.807, 2.05) is 39.5 Å². The second-order valence-corrected chi connectivity index (χ2v) is 7.68. The molecule has 0 aromatic carbocycles. The smallest absolute Gasteiger partial charge is 0.410 e. The molecule has 2 heterocycles. The Balaban J connectivity index is 2.29. The highest BCUT2D eigenvalue weighted by molar-refractivity contribution is 6.33. The molecule has 2 amide bonds. The lowest BCUT2D eigenvalue weighted by molar-refractivity contribution is -0.105. The van der Waals surface area contributed by atoms with Gasteiger partial charge in [-0.2, -0.15) is 9.97 Å². The molecular weight excluding hydrogens is 360 g/mol. The van der Waals surface area contributed by atoms with Crippen LogP contribution in [0, 0.1) is 0 Å². The zero-order chi connectivity index (χ0) is 19.6. The van der Waals surface area contributed by atoms with Gasteiger partial charge in [0.15, 0.2) is 11.0 Å². The maximum Gasteiger partial charge on any atom is 0.410 e. The molecule has 0 aliphatic carbocycles. The van der Waals surface area contributed by atoms with E-state index in [0.29, 0.717) is 31.0 Å². The molecule has 0 unspecified atom stereocenters. The van der Waals surface area contributed by atoms with Crippen LogP contribution in [-0.4, -0.2) is 58.1 Å². The van der Waals surface area contributed by atoms with Crippen LogP contribution in [0.4, 0.5) is 22.2 Å². The van der Waals surface area contributed by atoms with E-state index >= 15 is 0 Å². The summed E-state index contributed by atoms with van der Waals surface area (Å²) in [6.07, 6.45) is 0.152. The van der Waals surface area contributed by atoms with E-state index in [-0.39, 0.29) is 29.3 Å². The summed E-state index contributed by atoms with van der Waals surface area (Å²) in [6.45, 7) is 10.3. The van der Waals surface area contributed by atoms with Crippen molar-refractivity contribution in [2.24, 2.45) is 0 Å². The van der Waals surface area contributed by atoms with E-state index in [2.05, 4.69) is 15.3 Å². The average Bonchev–Trinajstić information content (AvgIpc) is 2.48. The predicted octanol–water partition coefficient (Wildman–Crippen LogP) is 2.11. The Kier molecular flexibility index (Phi) is 5.80. The Morgan fingerprint density at radius 2 is 1.88 bits per heavy atom. The summed E-state index contributed by atoms with van der Waals surface area (Å²) in [7, 11) is 0. The molecule has 1 aliphatic rings. The number of halogens is 1. The van der Waals surface area contributed by atoms with Gasteiger partial charge in [0.2, 0.25) is 12.4 Å². The zero-order valence-corrected chi connectivity index (χ0v) is 16.4. The second kappa shape index (κ2) is 7.53. The fourth-order valence-electron chi connectivity index (χ4n) is 3.02. The lowest BCUT2D eigenvalue weighted by Crippen LogP contribution is -2.59. The first-order valence-electron chi connectivity index (χ1n) is 8.33. The van der Waals surface area contributed by atoms with Crippen molar-refractivity contribution in [2.45, 2.75) is 52.3 Å². The number of piperazine rings is 1. The summed E-state index contributed by atoms with van der Waals surface area (Å²) in [4.78, 5) is 35.1. The summed E-state index contributed by atoms with van der Waals surface area (Å²) in [5, 5.41) is 2.60. The quantitative estimate of drug-likeness (QED) is 0.605. The number of anilines is 3. The Morgan fingerprint density at radius 3 is 2.38 bits per heavy atom. The number of nitrogens with two attached hydrogens (primary N) is 1. The van der Waals surface area contributed by atoms with Crippen LogP contribution in [0.25, 0.3) is 0 Å². The van der Waals surface area contributed by atoms with Crippen LogP contribution in [0.5, 0.6) is 0 Å². The van der Waals surface area contributed by atoms with Crippen molar-refractivity contribution in [1.29, 1.82) is 0 Å². The van der Waals surface area contributed by atoms with Crippen LogP contribution < -0.4 is 16.0 Å². The minimum atomic E-state index is -0.559. The molecule has 1 aromatic rings. The Bertz CT molecular complexity index is 681. The molecule has 1 fully saturated rings. The number of aromatic nitrogens is 2. The standard InChI is InChI=1S/C16H25ClN6O3/c1-9-6-22(15(25)26-16(3,4)5)7-10(2)23(9)13-11(19-8-24)12(17)20-14(18)21-13/h8-10H,6-7H2,1-5H3,(H,19,24)(H2,18,20,21)/t9-,10+. The molecule has 10 heteroatoms. The SMILES string of the molecule is C[C@@H]1CN(C(=O)OC(C)(C)C)C[C@H](C)N1c1nc(N)nc(Cl)c1NC=O. The van der Waals surface area contributed by atoms with Gasteiger partial charge in [-0.05, 0) is 34.6 Å². The van der Waals surface area contributed by atoms with Crippen LogP contribution in [0.1, 0.15) is 34.6 Å². The van der Waals surface area contributed by atoms with Crippen molar-refractivity contribution < 1.29 is 14.3 Å².